The fourth-order valence-corrected chi connectivity index (χ4v) is 2.96. The summed E-state index contributed by atoms with van der Waals surface area (Å²) in [5.41, 5.74) is -2.35. The van der Waals surface area contributed by atoms with Crippen LogP contribution in [0.25, 0.3) is 0 Å². The van der Waals surface area contributed by atoms with Gasteiger partial charge in [0.1, 0.15) is 5.82 Å². The van der Waals surface area contributed by atoms with Crippen molar-refractivity contribution in [1.29, 1.82) is 0 Å². The van der Waals surface area contributed by atoms with Crippen LogP contribution in [0.5, 0.6) is 0 Å². The van der Waals surface area contributed by atoms with Crippen molar-refractivity contribution in [3.63, 3.8) is 0 Å². The average molecular weight is 437 g/mol. The fourth-order valence-electron chi connectivity index (χ4n) is 2.49. The minimum absolute atomic E-state index is 0.108. The van der Waals surface area contributed by atoms with Crippen molar-refractivity contribution in [3.05, 3.63) is 33.5 Å². The van der Waals surface area contributed by atoms with Crippen molar-refractivity contribution in [2.45, 2.75) is 12.4 Å². The number of piperazine rings is 1. The summed E-state index contributed by atoms with van der Waals surface area (Å²) in [4.78, 5) is 14.5. The molecule has 1 amide bonds. The van der Waals surface area contributed by atoms with E-state index in [9.17, 15) is 35.5 Å². The van der Waals surface area contributed by atoms with Gasteiger partial charge in [0.25, 0.3) is 5.91 Å². The van der Waals surface area contributed by atoms with E-state index in [-0.39, 0.29) is 30.7 Å². The Morgan fingerprint density at radius 2 is 1.60 bits per heavy atom. The molecule has 1 aliphatic rings. The number of amides is 1. The first kappa shape index (κ1) is 20.0. The first-order valence-corrected chi connectivity index (χ1v) is 7.83. The first-order chi connectivity index (χ1) is 11.4. The molecule has 0 bridgehead atoms. The van der Waals surface area contributed by atoms with E-state index in [4.69, 9.17) is 0 Å². The molecule has 25 heavy (non-hydrogen) atoms. The topological polar surface area (TPSA) is 23.6 Å². The zero-order valence-electron chi connectivity index (χ0n) is 12.5. The lowest BCUT2D eigenvalue weighted by atomic mass is 10.1. The van der Waals surface area contributed by atoms with Crippen LogP contribution in [0, 0.1) is 5.82 Å². The number of hydrogen-bond donors (Lipinski definition) is 0. The van der Waals surface area contributed by atoms with Gasteiger partial charge < -0.3 is 4.90 Å². The Balaban J connectivity index is 2.17. The highest BCUT2D eigenvalue weighted by molar-refractivity contribution is 9.10. The molecular weight excluding hydrogens is 425 g/mol. The van der Waals surface area contributed by atoms with Gasteiger partial charge in [0.05, 0.1) is 17.7 Å². The lowest BCUT2D eigenvalue weighted by Gasteiger charge is -2.35. The van der Waals surface area contributed by atoms with Crippen LogP contribution in [0.3, 0.4) is 0 Å². The minimum atomic E-state index is -4.97. The van der Waals surface area contributed by atoms with Crippen LogP contribution in [0.15, 0.2) is 16.6 Å². The van der Waals surface area contributed by atoms with Gasteiger partial charge in [-0.15, -0.1) is 0 Å². The molecule has 11 heteroatoms. The highest BCUT2D eigenvalue weighted by Crippen LogP contribution is 2.35. The summed E-state index contributed by atoms with van der Waals surface area (Å²) in [6, 6.07) is 1.43. The summed E-state index contributed by atoms with van der Waals surface area (Å²) in [7, 11) is 0. The standard InChI is InChI=1S/C14H12BrF7N2O/c15-9-2-1-8(14(20,21)22)11(16)10(9)12(25)24-5-3-23(4-6-24)7-13(17,18)19/h1-2H,3-7H2. The van der Waals surface area contributed by atoms with Crippen LogP contribution in [0.1, 0.15) is 15.9 Å². The van der Waals surface area contributed by atoms with Crippen LogP contribution >= 0.6 is 15.9 Å². The van der Waals surface area contributed by atoms with Gasteiger partial charge in [-0.2, -0.15) is 26.3 Å². The molecule has 0 aromatic heterocycles. The lowest BCUT2D eigenvalue weighted by molar-refractivity contribution is -0.148. The van der Waals surface area contributed by atoms with Gasteiger partial charge in [-0.3, -0.25) is 9.69 Å². The van der Waals surface area contributed by atoms with Crippen molar-refractivity contribution in [3.8, 4) is 0 Å². The van der Waals surface area contributed by atoms with Gasteiger partial charge in [0, 0.05) is 30.7 Å². The van der Waals surface area contributed by atoms with E-state index in [0.29, 0.717) is 6.07 Å². The van der Waals surface area contributed by atoms with Crippen LogP contribution in [0.2, 0.25) is 0 Å². The molecule has 0 saturated carbocycles. The molecule has 0 unspecified atom stereocenters. The van der Waals surface area contributed by atoms with E-state index in [1.54, 1.807) is 0 Å². The third kappa shape index (κ3) is 4.84. The Hall–Kier alpha value is -1.36. The zero-order chi connectivity index (χ0) is 19.0. The molecular formula is C14H12BrF7N2O. The maximum Gasteiger partial charge on any atom is 0.419 e. The SMILES string of the molecule is O=C(c1c(Br)ccc(C(F)(F)F)c1F)N1CCN(CC(F)(F)F)CC1. The second-order valence-corrected chi connectivity index (χ2v) is 6.32. The highest BCUT2D eigenvalue weighted by Gasteiger charge is 2.38. The van der Waals surface area contributed by atoms with Gasteiger partial charge in [-0.25, -0.2) is 4.39 Å². The lowest BCUT2D eigenvalue weighted by Crippen LogP contribution is -2.51. The molecule has 0 radical (unpaired) electrons. The molecule has 3 nitrogen and oxygen atoms in total. The Morgan fingerprint density at radius 1 is 1.04 bits per heavy atom. The van der Waals surface area contributed by atoms with Crippen LogP contribution < -0.4 is 0 Å². The number of nitrogens with zero attached hydrogens (tertiary/aromatic N) is 2. The molecule has 1 aromatic carbocycles. The molecule has 1 aliphatic heterocycles. The molecule has 0 aliphatic carbocycles. The van der Waals surface area contributed by atoms with Gasteiger partial charge in [0.2, 0.25) is 0 Å². The summed E-state index contributed by atoms with van der Waals surface area (Å²) >= 11 is 2.85. The quantitative estimate of drug-likeness (QED) is 0.655. The summed E-state index contributed by atoms with van der Waals surface area (Å²) < 4.78 is 89.4. The molecule has 0 atom stereocenters. The van der Waals surface area contributed by atoms with Crippen LogP contribution in [-0.2, 0) is 6.18 Å². The van der Waals surface area contributed by atoms with E-state index in [0.717, 1.165) is 15.9 Å². The predicted molar refractivity (Wildman–Crippen MR) is 77.5 cm³/mol. The van der Waals surface area contributed by atoms with Gasteiger partial charge in [-0.1, -0.05) is 0 Å². The number of rotatable bonds is 2. The number of alkyl halides is 6. The summed E-state index contributed by atoms with van der Waals surface area (Å²) in [5.74, 6) is -2.70. The van der Waals surface area contributed by atoms with Crippen molar-refractivity contribution in [2.24, 2.45) is 0 Å². The van der Waals surface area contributed by atoms with Crippen molar-refractivity contribution < 1.29 is 35.5 Å². The maximum atomic E-state index is 14.2. The largest absolute Gasteiger partial charge is 0.419 e. The number of benzene rings is 1. The van der Waals surface area contributed by atoms with Crippen LogP contribution in [0.4, 0.5) is 30.7 Å². The van der Waals surface area contributed by atoms with E-state index in [1.807, 2.05) is 0 Å². The Kier molecular flexibility index (Phi) is 5.67. The Labute approximate surface area is 146 Å². The highest BCUT2D eigenvalue weighted by atomic mass is 79.9. The molecule has 140 valence electrons. The van der Waals surface area contributed by atoms with Crippen LogP contribution in [-0.4, -0.2) is 54.6 Å². The molecule has 1 heterocycles. The van der Waals surface area contributed by atoms with Gasteiger partial charge >= 0.3 is 12.4 Å². The summed E-state index contributed by atoms with van der Waals surface area (Å²) in [6.07, 6.45) is -9.35. The van der Waals surface area contributed by atoms with Gasteiger partial charge in [-0.05, 0) is 28.1 Å². The smallest absolute Gasteiger partial charge is 0.336 e. The van der Waals surface area contributed by atoms with Crippen molar-refractivity contribution >= 4 is 21.8 Å². The molecule has 1 aromatic rings. The number of halogens is 8. The number of carbonyl (C=O) groups is 1. The second kappa shape index (κ2) is 7.10. The summed E-state index contributed by atoms with van der Waals surface area (Å²) in [6.45, 7) is -1.64. The second-order valence-electron chi connectivity index (χ2n) is 5.47. The fraction of sp³-hybridized carbons (Fsp3) is 0.500. The van der Waals surface area contributed by atoms with E-state index in [1.165, 1.54) is 0 Å². The minimum Gasteiger partial charge on any atom is -0.336 e. The zero-order valence-corrected chi connectivity index (χ0v) is 14.1. The molecule has 1 saturated heterocycles. The first-order valence-electron chi connectivity index (χ1n) is 7.03. The van der Waals surface area contributed by atoms with Crippen molar-refractivity contribution in [1.82, 2.24) is 9.80 Å². The average Bonchev–Trinajstić information content (AvgIpc) is 2.44. The maximum absolute atomic E-state index is 14.2. The third-order valence-corrected chi connectivity index (χ3v) is 4.33. The number of hydrogen-bond acceptors (Lipinski definition) is 2. The normalized spacial score (nSPS) is 17.0. The van der Waals surface area contributed by atoms with E-state index >= 15 is 0 Å². The van der Waals surface area contributed by atoms with Crippen molar-refractivity contribution in [2.75, 3.05) is 32.7 Å². The molecule has 1 fully saturated rings. The van der Waals surface area contributed by atoms with Gasteiger partial charge in [0.15, 0.2) is 0 Å². The van der Waals surface area contributed by atoms with E-state index < -0.39 is 41.7 Å². The molecule has 0 N–H and O–H groups in total. The molecule has 2 rings (SSSR count). The van der Waals surface area contributed by atoms with E-state index in [2.05, 4.69) is 15.9 Å². The summed E-state index contributed by atoms with van der Waals surface area (Å²) in [5, 5.41) is 0. The Morgan fingerprint density at radius 3 is 2.08 bits per heavy atom. The Bertz CT molecular complexity index is 652. The predicted octanol–water partition coefficient (Wildman–Crippen LogP) is 3.93. The monoisotopic (exact) mass is 436 g/mol. The molecule has 0 spiro atoms. The third-order valence-electron chi connectivity index (χ3n) is 3.67. The number of carbonyl (C=O) groups excluding carboxylic acids is 1.